The number of H-pyrrole nitrogens is 2. The maximum atomic E-state index is 12.6. The molecule has 2 aliphatic heterocycles. The molecule has 2 aliphatic rings. The maximum Gasteiger partial charge on any atom is 0.412 e. The summed E-state index contributed by atoms with van der Waals surface area (Å²) in [5.74, 6) is 0.265. The Morgan fingerprint density at radius 3 is 1.65 bits per heavy atom. The van der Waals surface area contributed by atoms with Gasteiger partial charge in [0.15, 0.2) is 0 Å². The van der Waals surface area contributed by atoms with Crippen molar-refractivity contribution in [3.63, 3.8) is 0 Å². The molecule has 4 atom stereocenters. The number of nitrogens with two attached hydrogens (primary N) is 2. The summed E-state index contributed by atoms with van der Waals surface area (Å²) >= 11 is 0. The molecule has 6 N–H and O–H groups in total. The van der Waals surface area contributed by atoms with Crippen LogP contribution in [0.15, 0.2) is 48.8 Å². The standard InChI is InChI=1S/C38H46N8O6/c1-5-29(35(47)51-37(39)49)45-17-7-9-31(45)33-41-19-27(43-33)24-13-11-23(12-14-24)25-15-16-26(22(4)21(25)3)28-20-42-34(44-28)32-10-8-18-46(32)30(6-2)36(48)52-38(40)50/h11-16,19-20,29-32H,5-10,17-18H2,1-4H3,(H2,39,49)(H2,40,50)(H,41,43)(H,42,44)/t29-,30-,31?,32?/m0/s1. The van der Waals surface area contributed by atoms with Gasteiger partial charge in [0.1, 0.15) is 23.7 Å². The number of ether oxygens (including phenoxy) is 2. The van der Waals surface area contributed by atoms with E-state index in [2.05, 4.69) is 65.2 Å². The van der Waals surface area contributed by atoms with Crippen molar-refractivity contribution < 1.29 is 28.7 Å². The first kappa shape index (κ1) is 36.5. The lowest BCUT2D eigenvalue weighted by molar-refractivity contribution is -0.145. The third kappa shape index (κ3) is 7.34. The first-order valence-corrected chi connectivity index (χ1v) is 17.9. The number of aromatic amines is 2. The Balaban J connectivity index is 1.17. The molecule has 4 aromatic rings. The zero-order valence-corrected chi connectivity index (χ0v) is 30.0. The molecule has 2 unspecified atom stereocenters. The molecule has 2 aromatic heterocycles. The molecule has 52 heavy (non-hydrogen) atoms. The van der Waals surface area contributed by atoms with Crippen LogP contribution in [0, 0.1) is 13.8 Å². The predicted octanol–water partition coefficient (Wildman–Crippen LogP) is 5.83. The van der Waals surface area contributed by atoms with Crippen LogP contribution in [0.3, 0.4) is 0 Å². The van der Waals surface area contributed by atoms with Crippen LogP contribution in [0.25, 0.3) is 33.6 Å². The largest absolute Gasteiger partial charge is 0.412 e. The number of esters is 2. The fourth-order valence-electron chi connectivity index (χ4n) is 7.87. The number of nitrogens with zero attached hydrogens (tertiary/aromatic N) is 4. The minimum absolute atomic E-state index is 0.106. The summed E-state index contributed by atoms with van der Waals surface area (Å²) in [6.45, 7) is 9.37. The Labute approximate surface area is 302 Å². The van der Waals surface area contributed by atoms with Crippen molar-refractivity contribution in [3.8, 4) is 33.6 Å². The number of benzene rings is 2. The van der Waals surface area contributed by atoms with E-state index in [0.29, 0.717) is 25.9 Å². The zero-order chi connectivity index (χ0) is 37.1. The van der Waals surface area contributed by atoms with Crippen LogP contribution in [-0.4, -0.2) is 79.0 Å². The summed E-state index contributed by atoms with van der Waals surface area (Å²) in [4.78, 5) is 68.1. The molecule has 274 valence electrons. The van der Waals surface area contributed by atoms with Gasteiger partial charge in [-0.25, -0.2) is 29.1 Å². The predicted molar refractivity (Wildman–Crippen MR) is 193 cm³/mol. The number of hydrogen-bond acceptors (Lipinski definition) is 10. The molecule has 0 aliphatic carbocycles. The van der Waals surface area contributed by atoms with Crippen LogP contribution < -0.4 is 11.5 Å². The van der Waals surface area contributed by atoms with Crippen molar-refractivity contribution in [2.24, 2.45) is 11.5 Å². The smallest absolute Gasteiger partial charge is 0.375 e. The molecule has 0 spiro atoms. The van der Waals surface area contributed by atoms with E-state index in [4.69, 9.17) is 25.9 Å². The lowest BCUT2D eigenvalue weighted by Crippen LogP contribution is -2.42. The van der Waals surface area contributed by atoms with Crippen molar-refractivity contribution >= 4 is 24.1 Å². The normalized spacial score (nSPS) is 19.0. The van der Waals surface area contributed by atoms with Crippen LogP contribution in [0.4, 0.5) is 9.59 Å². The van der Waals surface area contributed by atoms with Gasteiger partial charge in [0.25, 0.3) is 0 Å². The summed E-state index contributed by atoms with van der Waals surface area (Å²) in [7, 11) is 0. The van der Waals surface area contributed by atoms with E-state index < -0.39 is 36.2 Å². The van der Waals surface area contributed by atoms with Crippen molar-refractivity contribution in [1.29, 1.82) is 0 Å². The average molecular weight is 711 g/mol. The fraction of sp³-hybridized carbons (Fsp3) is 0.421. The van der Waals surface area contributed by atoms with Crippen LogP contribution in [-0.2, 0) is 19.1 Å². The van der Waals surface area contributed by atoms with Crippen molar-refractivity contribution in [2.45, 2.75) is 90.4 Å². The van der Waals surface area contributed by atoms with Gasteiger partial charge in [0.05, 0.1) is 35.9 Å². The van der Waals surface area contributed by atoms with Crippen molar-refractivity contribution in [3.05, 3.63) is 71.6 Å². The van der Waals surface area contributed by atoms with Crippen LogP contribution in [0.1, 0.15) is 87.2 Å². The number of likely N-dealkylation sites (tertiary alicyclic amines) is 2. The van der Waals surface area contributed by atoms with E-state index >= 15 is 0 Å². The summed E-state index contributed by atoms with van der Waals surface area (Å²) in [6, 6.07) is 11.2. The number of rotatable bonds is 11. The van der Waals surface area contributed by atoms with Gasteiger partial charge in [0, 0.05) is 5.56 Å². The molecule has 2 saturated heterocycles. The Morgan fingerprint density at radius 2 is 1.15 bits per heavy atom. The molecule has 2 fully saturated rings. The summed E-state index contributed by atoms with van der Waals surface area (Å²) in [6.07, 6.45) is 5.87. The second-order valence-corrected chi connectivity index (χ2v) is 13.5. The van der Waals surface area contributed by atoms with Crippen LogP contribution >= 0.6 is 0 Å². The number of primary amides is 2. The van der Waals surface area contributed by atoms with Gasteiger partial charge in [-0.05, 0) is 93.3 Å². The summed E-state index contributed by atoms with van der Waals surface area (Å²) < 4.78 is 9.44. The highest BCUT2D eigenvalue weighted by Crippen LogP contribution is 2.38. The Morgan fingerprint density at radius 1 is 0.712 bits per heavy atom. The van der Waals surface area contributed by atoms with E-state index in [1.807, 2.05) is 36.0 Å². The second-order valence-electron chi connectivity index (χ2n) is 13.5. The monoisotopic (exact) mass is 710 g/mol. The first-order valence-electron chi connectivity index (χ1n) is 17.9. The minimum atomic E-state index is -1.10. The molecule has 6 rings (SSSR count). The molecule has 2 aromatic carbocycles. The molecule has 14 heteroatoms. The number of amides is 2. The average Bonchev–Trinajstić information content (AvgIpc) is 3.94. The lowest BCUT2D eigenvalue weighted by atomic mass is 9.92. The van der Waals surface area contributed by atoms with Gasteiger partial charge < -0.3 is 30.9 Å². The number of imidazole rings is 2. The van der Waals surface area contributed by atoms with Gasteiger partial charge in [-0.15, -0.1) is 0 Å². The first-order chi connectivity index (χ1) is 25.0. The molecular weight excluding hydrogens is 664 g/mol. The SMILES string of the molecule is CC[C@@H](C(=O)OC(N)=O)N1CCCC1c1ncc(-c2ccc(-c3ccc(-c4cnc(C5CCCN5[C@@H](CC)C(=O)OC(N)=O)[nH]4)c(C)c3C)cc2)[nH]1. The molecule has 14 nitrogen and oxygen atoms in total. The molecule has 4 heterocycles. The van der Waals surface area contributed by atoms with E-state index in [9.17, 15) is 19.2 Å². The van der Waals surface area contributed by atoms with Gasteiger partial charge in [-0.1, -0.05) is 50.2 Å². The van der Waals surface area contributed by atoms with E-state index in [1.165, 1.54) is 0 Å². The second kappa shape index (κ2) is 15.5. The van der Waals surface area contributed by atoms with Crippen LogP contribution in [0.2, 0.25) is 0 Å². The fourth-order valence-corrected chi connectivity index (χ4v) is 7.87. The number of nitrogens with one attached hydrogen (secondary N) is 2. The van der Waals surface area contributed by atoms with Gasteiger partial charge in [-0.2, -0.15) is 0 Å². The third-order valence-electron chi connectivity index (χ3n) is 10.5. The third-order valence-corrected chi connectivity index (χ3v) is 10.5. The van der Waals surface area contributed by atoms with Crippen molar-refractivity contribution in [1.82, 2.24) is 29.7 Å². The van der Waals surface area contributed by atoms with Gasteiger partial charge >= 0.3 is 24.1 Å². The quantitative estimate of drug-likeness (QED) is 0.108. The Hall–Kier alpha value is -5.34. The molecular formula is C38H46N8O6. The Kier molecular flexibility index (Phi) is 10.9. The Bertz CT molecular complexity index is 1950. The highest BCUT2D eigenvalue weighted by molar-refractivity contribution is 5.87. The maximum absolute atomic E-state index is 12.6. The molecule has 0 radical (unpaired) electrons. The minimum Gasteiger partial charge on any atom is -0.375 e. The molecule has 0 saturated carbocycles. The van der Waals surface area contributed by atoms with Crippen molar-refractivity contribution in [2.75, 3.05) is 13.1 Å². The highest BCUT2D eigenvalue weighted by Gasteiger charge is 2.39. The summed E-state index contributed by atoms with van der Waals surface area (Å²) in [5.41, 5.74) is 18.5. The zero-order valence-electron chi connectivity index (χ0n) is 30.0. The lowest BCUT2D eigenvalue weighted by Gasteiger charge is -2.29. The van der Waals surface area contributed by atoms with Gasteiger partial charge in [-0.3, -0.25) is 9.80 Å². The van der Waals surface area contributed by atoms with E-state index in [0.717, 1.165) is 82.1 Å². The van der Waals surface area contributed by atoms with E-state index in [1.54, 1.807) is 0 Å². The molecule has 2 amide bonds. The molecule has 0 bridgehead atoms. The van der Waals surface area contributed by atoms with E-state index in [-0.39, 0.29) is 12.1 Å². The topological polar surface area (TPSA) is 203 Å². The van der Waals surface area contributed by atoms with Gasteiger partial charge in [0.2, 0.25) is 0 Å². The highest BCUT2D eigenvalue weighted by atomic mass is 16.6. The number of hydrogen-bond donors (Lipinski definition) is 4. The number of aromatic nitrogens is 4. The number of carbonyl (C=O) groups is 4. The van der Waals surface area contributed by atoms with Crippen LogP contribution in [0.5, 0.6) is 0 Å². The summed E-state index contributed by atoms with van der Waals surface area (Å²) in [5, 5.41) is 0. The number of carbonyl (C=O) groups excluding carboxylic acids is 4.